The van der Waals surface area contributed by atoms with Crippen LogP contribution in [0.3, 0.4) is 0 Å². The number of ketones is 1. The van der Waals surface area contributed by atoms with Gasteiger partial charge < -0.3 is 9.47 Å². The van der Waals surface area contributed by atoms with Crippen LogP contribution in [0.25, 0.3) is 0 Å². The lowest BCUT2D eigenvalue weighted by molar-refractivity contribution is 0.0372. The fraction of sp³-hybridized carbons (Fsp3) is 0.235. The second-order valence-corrected chi connectivity index (χ2v) is 4.55. The maximum absolute atomic E-state index is 12.8. The number of carbonyl (C=O) groups is 1. The van der Waals surface area contributed by atoms with E-state index in [4.69, 9.17) is 9.47 Å². The first kappa shape index (κ1) is 15.2. The summed E-state index contributed by atoms with van der Waals surface area (Å²) in [6.45, 7) is 2.35. The van der Waals surface area contributed by atoms with Gasteiger partial charge in [0.05, 0.1) is 6.61 Å². The molecule has 21 heavy (non-hydrogen) atoms. The first-order chi connectivity index (χ1) is 10.2. The quantitative estimate of drug-likeness (QED) is 0.578. The Labute approximate surface area is 123 Å². The minimum Gasteiger partial charge on any atom is -0.491 e. The maximum Gasteiger partial charge on any atom is 0.191 e. The van der Waals surface area contributed by atoms with Crippen LogP contribution in [-0.2, 0) is 4.74 Å². The largest absolute Gasteiger partial charge is 0.491 e. The lowest BCUT2D eigenvalue weighted by Crippen LogP contribution is -2.23. The van der Waals surface area contributed by atoms with Gasteiger partial charge >= 0.3 is 0 Å². The Hall–Kier alpha value is -2.20. The van der Waals surface area contributed by atoms with Gasteiger partial charge in [0.2, 0.25) is 0 Å². The van der Waals surface area contributed by atoms with Crippen molar-refractivity contribution in [1.82, 2.24) is 0 Å². The highest BCUT2D eigenvalue weighted by Gasteiger charge is 2.15. The van der Waals surface area contributed by atoms with Crippen LogP contribution < -0.4 is 4.74 Å². The summed E-state index contributed by atoms with van der Waals surface area (Å²) in [5.41, 5.74) is 0.438. The van der Waals surface area contributed by atoms with Crippen LogP contribution in [-0.4, -0.2) is 25.1 Å². The zero-order valence-corrected chi connectivity index (χ0v) is 11.8. The van der Waals surface area contributed by atoms with Crippen molar-refractivity contribution in [3.05, 3.63) is 66.0 Å². The average molecular weight is 288 g/mol. The molecule has 0 heterocycles. The highest BCUT2D eigenvalue weighted by atomic mass is 19.1. The molecule has 2 rings (SSSR count). The predicted molar refractivity (Wildman–Crippen MR) is 78.1 cm³/mol. The van der Waals surface area contributed by atoms with Crippen LogP contribution in [0, 0.1) is 5.82 Å². The van der Waals surface area contributed by atoms with E-state index in [2.05, 4.69) is 0 Å². The number of Topliss-reactive ketones (excluding diaryl/α,β-unsaturated/α-hetero) is 1. The summed E-state index contributed by atoms with van der Waals surface area (Å²) < 4.78 is 23.7. The molecule has 0 spiro atoms. The second kappa shape index (κ2) is 7.55. The number of benzene rings is 2. The van der Waals surface area contributed by atoms with Crippen LogP contribution in [0.4, 0.5) is 4.39 Å². The van der Waals surface area contributed by atoms with Crippen LogP contribution in [0.15, 0.2) is 54.6 Å². The molecule has 3 nitrogen and oxygen atoms in total. The fourth-order valence-corrected chi connectivity index (χ4v) is 1.83. The third-order valence-corrected chi connectivity index (χ3v) is 2.96. The predicted octanol–water partition coefficient (Wildman–Crippen LogP) is 3.49. The van der Waals surface area contributed by atoms with Crippen molar-refractivity contribution in [3.63, 3.8) is 0 Å². The van der Waals surface area contributed by atoms with Gasteiger partial charge in [-0.1, -0.05) is 18.2 Å². The van der Waals surface area contributed by atoms with Crippen molar-refractivity contribution < 1.29 is 18.7 Å². The van der Waals surface area contributed by atoms with Crippen LogP contribution in [0.2, 0.25) is 0 Å². The van der Waals surface area contributed by atoms with Crippen molar-refractivity contribution >= 4 is 5.78 Å². The highest BCUT2D eigenvalue weighted by Crippen LogP contribution is 2.10. The molecule has 0 amide bonds. The van der Waals surface area contributed by atoms with Crippen LogP contribution >= 0.6 is 0 Å². The van der Waals surface area contributed by atoms with Gasteiger partial charge in [-0.15, -0.1) is 0 Å². The molecule has 2 aromatic rings. The van der Waals surface area contributed by atoms with Gasteiger partial charge in [-0.2, -0.15) is 0 Å². The number of hydrogen-bond acceptors (Lipinski definition) is 3. The Bertz CT molecular complexity index is 566. The molecule has 0 saturated carbocycles. The SMILES string of the molecule is CC(OCCOc1ccccc1)C(=O)c1ccc(F)cc1. The van der Waals surface area contributed by atoms with Crippen molar-refractivity contribution in [3.8, 4) is 5.75 Å². The topological polar surface area (TPSA) is 35.5 Å². The van der Waals surface area contributed by atoms with E-state index in [0.717, 1.165) is 5.75 Å². The first-order valence-electron chi connectivity index (χ1n) is 6.76. The lowest BCUT2D eigenvalue weighted by atomic mass is 10.1. The van der Waals surface area contributed by atoms with E-state index < -0.39 is 6.10 Å². The molecule has 0 fully saturated rings. The van der Waals surface area contributed by atoms with Crippen molar-refractivity contribution in [1.29, 1.82) is 0 Å². The summed E-state index contributed by atoms with van der Waals surface area (Å²) in [5, 5.41) is 0. The Balaban J connectivity index is 1.75. The second-order valence-electron chi connectivity index (χ2n) is 4.55. The Morgan fingerprint density at radius 2 is 1.71 bits per heavy atom. The molecule has 0 saturated heterocycles. The van der Waals surface area contributed by atoms with E-state index in [0.29, 0.717) is 18.8 Å². The third kappa shape index (κ3) is 4.68. The van der Waals surface area contributed by atoms with Crippen molar-refractivity contribution in [2.75, 3.05) is 13.2 Å². The number of ether oxygens (including phenoxy) is 2. The summed E-state index contributed by atoms with van der Waals surface area (Å²) in [4.78, 5) is 12.0. The van der Waals surface area contributed by atoms with E-state index in [1.165, 1.54) is 24.3 Å². The van der Waals surface area contributed by atoms with Gasteiger partial charge in [0, 0.05) is 5.56 Å². The minimum absolute atomic E-state index is 0.172. The molecule has 1 atom stereocenters. The summed E-state index contributed by atoms with van der Waals surface area (Å²) in [7, 11) is 0. The fourth-order valence-electron chi connectivity index (χ4n) is 1.83. The summed E-state index contributed by atoms with van der Waals surface area (Å²) in [6.07, 6.45) is -0.588. The van der Waals surface area contributed by atoms with Gasteiger partial charge in [-0.25, -0.2) is 4.39 Å². The summed E-state index contributed by atoms with van der Waals surface area (Å²) in [6, 6.07) is 14.8. The number of para-hydroxylation sites is 1. The Morgan fingerprint density at radius 1 is 1.05 bits per heavy atom. The monoisotopic (exact) mass is 288 g/mol. The van der Waals surface area contributed by atoms with E-state index >= 15 is 0 Å². The van der Waals surface area contributed by atoms with E-state index in [9.17, 15) is 9.18 Å². The molecule has 0 aromatic heterocycles. The standard InChI is InChI=1S/C17H17FO3/c1-13(17(19)14-7-9-15(18)10-8-14)20-11-12-21-16-5-3-2-4-6-16/h2-10,13H,11-12H2,1H3. The lowest BCUT2D eigenvalue weighted by Gasteiger charge is -2.12. The van der Waals surface area contributed by atoms with Crippen molar-refractivity contribution in [2.45, 2.75) is 13.0 Å². The molecule has 0 radical (unpaired) electrons. The molecule has 0 aliphatic carbocycles. The molecule has 0 bridgehead atoms. The van der Waals surface area contributed by atoms with E-state index in [1.54, 1.807) is 6.92 Å². The zero-order valence-electron chi connectivity index (χ0n) is 11.8. The number of hydrogen-bond donors (Lipinski definition) is 0. The van der Waals surface area contributed by atoms with Gasteiger partial charge in [0.1, 0.15) is 24.3 Å². The van der Waals surface area contributed by atoms with Crippen LogP contribution in [0.1, 0.15) is 17.3 Å². The molecule has 0 aliphatic rings. The van der Waals surface area contributed by atoms with Gasteiger partial charge in [0.15, 0.2) is 5.78 Å². The molecule has 1 unspecified atom stereocenters. The molecular formula is C17H17FO3. The van der Waals surface area contributed by atoms with Gasteiger partial charge in [-0.3, -0.25) is 4.79 Å². The number of halogens is 1. The van der Waals surface area contributed by atoms with Crippen molar-refractivity contribution in [2.24, 2.45) is 0 Å². The number of rotatable bonds is 7. The average Bonchev–Trinajstić information content (AvgIpc) is 2.52. The molecule has 0 aliphatic heterocycles. The van der Waals surface area contributed by atoms with Gasteiger partial charge in [-0.05, 0) is 43.3 Å². The van der Waals surface area contributed by atoms with E-state index in [-0.39, 0.29) is 11.6 Å². The molecular weight excluding hydrogens is 271 g/mol. The zero-order chi connectivity index (χ0) is 15.1. The minimum atomic E-state index is -0.588. The molecule has 2 aromatic carbocycles. The molecule has 4 heteroatoms. The van der Waals surface area contributed by atoms with Crippen LogP contribution in [0.5, 0.6) is 5.75 Å². The normalized spacial score (nSPS) is 11.9. The third-order valence-electron chi connectivity index (χ3n) is 2.96. The first-order valence-corrected chi connectivity index (χ1v) is 6.76. The molecule has 110 valence electrons. The Kier molecular flexibility index (Phi) is 5.46. The summed E-state index contributed by atoms with van der Waals surface area (Å²) >= 11 is 0. The van der Waals surface area contributed by atoms with E-state index in [1.807, 2.05) is 30.3 Å². The number of carbonyl (C=O) groups excluding carboxylic acids is 1. The van der Waals surface area contributed by atoms with Gasteiger partial charge in [0.25, 0.3) is 0 Å². The smallest absolute Gasteiger partial charge is 0.191 e. The highest BCUT2D eigenvalue weighted by molar-refractivity contribution is 5.99. The Morgan fingerprint density at radius 3 is 2.38 bits per heavy atom. The summed E-state index contributed by atoms with van der Waals surface area (Å²) in [5.74, 6) is 0.227. The molecule has 0 N–H and O–H groups in total. The maximum atomic E-state index is 12.8.